The molecule has 0 radical (unpaired) electrons. The summed E-state index contributed by atoms with van der Waals surface area (Å²) in [4.78, 5) is 25.4. The van der Waals surface area contributed by atoms with Crippen molar-refractivity contribution >= 4 is 23.0 Å². The van der Waals surface area contributed by atoms with Gasteiger partial charge in [0.25, 0.3) is 11.6 Å². The fourth-order valence-electron chi connectivity index (χ4n) is 3.46. The Labute approximate surface area is 165 Å². The topological polar surface area (TPSA) is 75.5 Å². The van der Waals surface area contributed by atoms with Gasteiger partial charge in [0.2, 0.25) is 0 Å². The summed E-state index contributed by atoms with van der Waals surface area (Å²) in [6, 6.07) is 8.36. The molecule has 1 atom stereocenters. The number of hydrogen-bond acceptors (Lipinski definition) is 4. The van der Waals surface area contributed by atoms with Gasteiger partial charge >= 0.3 is 6.18 Å². The van der Waals surface area contributed by atoms with Crippen molar-refractivity contribution < 1.29 is 22.9 Å². The number of alkyl halides is 3. The summed E-state index contributed by atoms with van der Waals surface area (Å²) in [6.07, 6.45) is -2.55. The normalized spacial score (nSPS) is 17.1. The number of nitrogens with one attached hydrogen (secondary N) is 1. The highest BCUT2D eigenvalue weighted by Gasteiger charge is 2.30. The van der Waals surface area contributed by atoms with E-state index in [1.165, 1.54) is 24.3 Å². The maximum atomic E-state index is 12.8. The zero-order chi connectivity index (χ0) is 21.2. The molecule has 1 aliphatic heterocycles. The van der Waals surface area contributed by atoms with Gasteiger partial charge < -0.3 is 10.2 Å². The van der Waals surface area contributed by atoms with Crippen molar-refractivity contribution in [3.63, 3.8) is 0 Å². The average molecular weight is 407 g/mol. The minimum Gasteiger partial charge on any atom is -0.366 e. The molecular formula is C20H20F3N3O3. The summed E-state index contributed by atoms with van der Waals surface area (Å²) in [5, 5.41) is 13.9. The predicted molar refractivity (Wildman–Crippen MR) is 103 cm³/mol. The van der Waals surface area contributed by atoms with E-state index in [9.17, 15) is 28.1 Å². The van der Waals surface area contributed by atoms with Crippen LogP contribution in [0.25, 0.3) is 0 Å². The monoisotopic (exact) mass is 407 g/mol. The first kappa shape index (κ1) is 20.6. The van der Waals surface area contributed by atoms with Gasteiger partial charge in [-0.2, -0.15) is 13.2 Å². The number of anilines is 2. The quantitative estimate of drug-likeness (QED) is 0.565. The van der Waals surface area contributed by atoms with Crippen LogP contribution in [0.5, 0.6) is 0 Å². The highest BCUT2D eigenvalue weighted by Crippen LogP contribution is 2.33. The lowest BCUT2D eigenvalue weighted by Crippen LogP contribution is -2.34. The molecule has 154 valence electrons. The Balaban J connectivity index is 1.84. The van der Waals surface area contributed by atoms with Gasteiger partial charge in [0.15, 0.2) is 0 Å². The molecule has 2 aromatic carbocycles. The van der Waals surface area contributed by atoms with Crippen molar-refractivity contribution in [1.29, 1.82) is 0 Å². The molecule has 1 fully saturated rings. The van der Waals surface area contributed by atoms with Crippen LogP contribution in [0.1, 0.15) is 35.7 Å². The number of nitrogens with zero attached hydrogens (tertiary/aromatic N) is 2. The maximum absolute atomic E-state index is 12.8. The van der Waals surface area contributed by atoms with Crippen LogP contribution in [0.3, 0.4) is 0 Å². The number of nitro groups is 1. The number of halogens is 3. The van der Waals surface area contributed by atoms with Gasteiger partial charge in [-0.15, -0.1) is 0 Å². The first-order valence-electron chi connectivity index (χ1n) is 9.17. The lowest BCUT2D eigenvalue weighted by molar-refractivity contribution is -0.384. The molecule has 0 bridgehead atoms. The second kappa shape index (κ2) is 8.10. The van der Waals surface area contributed by atoms with Crippen LogP contribution in [0.2, 0.25) is 0 Å². The third kappa shape index (κ3) is 4.85. The predicted octanol–water partition coefficient (Wildman–Crippen LogP) is 5.10. The van der Waals surface area contributed by atoms with Crippen molar-refractivity contribution in [2.75, 3.05) is 23.3 Å². The van der Waals surface area contributed by atoms with Gasteiger partial charge in [-0.05, 0) is 49.1 Å². The SMILES string of the molecule is C[C@@H]1CCCN(c2ccc(C(=O)Nc3cccc(C(F)(F)F)c3)cc2[N+](=O)[O-])C1. The second-order valence-corrected chi connectivity index (χ2v) is 7.19. The number of nitro benzene ring substituents is 1. The minimum absolute atomic E-state index is 0.00270. The van der Waals surface area contributed by atoms with E-state index in [-0.39, 0.29) is 16.9 Å². The highest BCUT2D eigenvalue weighted by molar-refractivity contribution is 6.05. The Bertz CT molecular complexity index is 931. The molecule has 6 nitrogen and oxygen atoms in total. The second-order valence-electron chi connectivity index (χ2n) is 7.19. The van der Waals surface area contributed by atoms with Crippen molar-refractivity contribution in [1.82, 2.24) is 0 Å². The van der Waals surface area contributed by atoms with Crippen molar-refractivity contribution in [3.05, 3.63) is 63.7 Å². The molecule has 1 saturated heterocycles. The number of piperidine rings is 1. The van der Waals surface area contributed by atoms with Gasteiger partial charge in [-0.25, -0.2) is 0 Å². The molecule has 0 saturated carbocycles. The molecule has 2 aromatic rings. The Morgan fingerprint density at radius 3 is 2.66 bits per heavy atom. The molecule has 0 unspecified atom stereocenters. The van der Waals surface area contributed by atoms with E-state index in [4.69, 9.17) is 0 Å². The first-order chi connectivity index (χ1) is 13.6. The maximum Gasteiger partial charge on any atom is 0.416 e. The van der Waals surface area contributed by atoms with E-state index in [2.05, 4.69) is 12.2 Å². The fourth-order valence-corrected chi connectivity index (χ4v) is 3.46. The molecule has 1 amide bonds. The van der Waals surface area contributed by atoms with Gasteiger partial charge in [-0.3, -0.25) is 14.9 Å². The van der Waals surface area contributed by atoms with Crippen LogP contribution in [-0.4, -0.2) is 23.9 Å². The van der Waals surface area contributed by atoms with Gasteiger partial charge in [0.1, 0.15) is 5.69 Å². The Hall–Kier alpha value is -3.10. The Kier molecular flexibility index (Phi) is 5.76. The van der Waals surface area contributed by atoms with E-state index < -0.39 is 22.6 Å². The molecular weight excluding hydrogens is 387 g/mol. The lowest BCUT2D eigenvalue weighted by atomic mass is 9.99. The largest absolute Gasteiger partial charge is 0.416 e. The van der Waals surface area contributed by atoms with Crippen LogP contribution >= 0.6 is 0 Å². The summed E-state index contributed by atoms with van der Waals surface area (Å²) in [5.41, 5.74) is -0.687. The molecule has 0 aliphatic carbocycles. The van der Waals surface area contributed by atoms with Gasteiger partial charge in [-0.1, -0.05) is 13.0 Å². The third-order valence-electron chi connectivity index (χ3n) is 4.88. The first-order valence-corrected chi connectivity index (χ1v) is 9.17. The summed E-state index contributed by atoms with van der Waals surface area (Å²) in [7, 11) is 0. The van der Waals surface area contributed by atoms with Crippen molar-refractivity contribution in [2.45, 2.75) is 25.9 Å². The van der Waals surface area contributed by atoms with Gasteiger partial charge in [0, 0.05) is 30.4 Å². The number of benzene rings is 2. The van der Waals surface area contributed by atoms with E-state index in [1.54, 1.807) is 0 Å². The number of amides is 1. The summed E-state index contributed by atoms with van der Waals surface area (Å²) in [5.74, 6) is -0.307. The lowest BCUT2D eigenvalue weighted by Gasteiger charge is -2.32. The molecule has 0 aromatic heterocycles. The number of hydrogen-bond donors (Lipinski definition) is 1. The zero-order valence-electron chi connectivity index (χ0n) is 15.7. The number of carbonyl (C=O) groups excluding carboxylic acids is 1. The minimum atomic E-state index is -4.53. The summed E-state index contributed by atoms with van der Waals surface area (Å²) >= 11 is 0. The Morgan fingerprint density at radius 1 is 1.24 bits per heavy atom. The van der Waals surface area contributed by atoms with Crippen LogP contribution in [-0.2, 0) is 6.18 Å². The number of carbonyl (C=O) groups is 1. The number of rotatable bonds is 4. The van der Waals surface area contributed by atoms with E-state index >= 15 is 0 Å². The molecule has 1 aliphatic rings. The molecule has 1 heterocycles. The fraction of sp³-hybridized carbons (Fsp3) is 0.350. The molecule has 3 rings (SSSR count). The van der Waals surface area contributed by atoms with E-state index in [0.717, 1.165) is 31.0 Å². The highest BCUT2D eigenvalue weighted by atomic mass is 19.4. The zero-order valence-corrected chi connectivity index (χ0v) is 15.7. The van der Waals surface area contributed by atoms with E-state index in [0.29, 0.717) is 24.7 Å². The molecule has 0 spiro atoms. The summed E-state index contributed by atoms with van der Waals surface area (Å²) in [6.45, 7) is 3.46. The van der Waals surface area contributed by atoms with Crippen LogP contribution in [0.4, 0.5) is 30.2 Å². The van der Waals surface area contributed by atoms with E-state index in [1.807, 2.05) is 4.90 Å². The van der Waals surface area contributed by atoms with Crippen LogP contribution in [0, 0.1) is 16.0 Å². The Morgan fingerprint density at radius 2 is 2.00 bits per heavy atom. The molecule has 9 heteroatoms. The average Bonchev–Trinajstić information content (AvgIpc) is 2.67. The summed E-state index contributed by atoms with van der Waals surface area (Å²) < 4.78 is 38.5. The molecule has 29 heavy (non-hydrogen) atoms. The van der Waals surface area contributed by atoms with Gasteiger partial charge in [0.05, 0.1) is 10.5 Å². The van der Waals surface area contributed by atoms with Crippen molar-refractivity contribution in [3.8, 4) is 0 Å². The van der Waals surface area contributed by atoms with Crippen LogP contribution < -0.4 is 10.2 Å². The van der Waals surface area contributed by atoms with Crippen molar-refractivity contribution in [2.24, 2.45) is 5.92 Å². The standard InChI is InChI=1S/C20H20F3N3O3/c1-13-4-3-9-25(12-13)17-8-7-14(10-18(17)26(28)29)19(27)24-16-6-2-5-15(11-16)20(21,22)23/h2,5-8,10-11,13H,3-4,9,12H2,1H3,(H,24,27)/t13-/m1/s1. The third-order valence-corrected chi connectivity index (χ3v) is 4.88. The van der Waals surface area contributed by atoms with Crippen LogP contribution in [0.15, 0.2) is 42.5 Å². The molecule has 1 N–H and O–H groups in total. The smallest absolute Gasteiger partial charge is 0.366 e.